The summed E-state index contributed by atoms with van der Waals surface area (Å²) in [5.41, 5.74) is 1.83. The zero-order valence-corrected chi connectivity index (χ0v) is 12.3. The fourth-order valence-corrected chi connectivity index (χ4v) is 3.20. The lowest BCUT2D eigenvalue weighted by Gasteiger charge is -2.40. The van der Waals surface area contributed by atoms with Crippen LogP contribution in [-0.4, -0.2) is 22.6 Å². The Morgan fingerprint density at radius 1 is 1.50 bits per heavy atom. The lowest BCUT2D eigenvalue weighted by atomic mass is 9.64. The van der Waals surface area contributed by atoms with E-state index in [1.807, 2.05) is 23.0 Å². The predicted octanol–water partition coefficient (Wildman–Crippen LogP) is 2.11. The van der Waals surface area contributed by atoms with Crippen LogP contribution in [0.4, 0.5) is 0 Å². The Labute approximate surface area is 119 Å². The van der Waals surface area contributed by atoms with E-state index in [4.69, 9.17) is 0 Å². The van der Waals surface area contributed by atoms with Crippen LogP contribution in [0, 0.1) is 3.57 Å². The van der Waals surface area contributed by atoms with Crippen molar-refractivity contribution in [3.8, 4) is 0 Å². The number of carbonyl (C=O) groups excluding carboxylic acids is 1. The summed E-state index contributed by atoms with van der Waals surface area (Å²) in [6.07, 6.45) is 6.80. The van der Waals surface area contributed by atoms with Gasteiger partial charge in [0.25, 0.3) is 0 Å². The van der Waals surface area contributed by atoms with Crippen LogP contribution in [0.25, 0.3) is 5.52 Å². The zero-order valence-electron chi connectivity index (χ0n) is 10.1. The Kier molecular flexibility index (Phi) is 2.80. The highest BCUT2D eigenvalue weighted by Gasteiger charge is 2.45. The molecule has 0 aromatic carbocycles. The molecule has 1 amide bonds. The number of pyridine rings is 1. The minimum absolute atomic E-state index is 0.120. The molecule has 0 aliphatic heterocycles. The van der Waals surface area contributed by atoms with E-state index in [-0.39, 0.29) is 11.3 Å². The van der Waals surface area contributed by atoms with Gasteiger partial charge in [0.15, 0.2) is 0 Å². The van der Waals surface area contributed by atoms with E-state index in [1.54, 1.807) is 7.05 Å². The van der Waals surface area contributed by atoms with Gasteiger partial charge in [-0.25, -0.2) is 4.52 Å². The summed E-state index contributed by atoms with van der Waals surface area (Å²) in [5, 5.41) is 7.10. The molecule has 5 heteroatoms. The molecule has 3 rings (SSSR count). The summed E-state index contributed by atoms with van der Waals surface area (Å²) in [6, 6.07) is 4.11. The third kappa shape index (κ3) is 1.56. The average molecular weight is 355 g/mol. The first-order chi connectivity index (χ1) is 8.67. The van der Waals surface area contributed by atoms with Gasteiger partial charge in [-0.05, 0) is 47.1 Å². The molecule has 0 saturated heterocycles. The van der Waals surface area contributed by atoms with Crippen LogP contribution in [0.5, 0.6) is 0 Å². The monoisotopic (exact) mass is 355 g/mol. The number of carbonyl (C=O) groups is 1. The van der Waals surface area contributed by atoms with Crippen LogP contribution in [0.3, 0.4) is 0 Å². The Morgan fingerprint density at radius 2 is 2.28 bits per heavy atom. The number of nitrogens with one attached hydrogen (secondary N) is 1. The summed E-state index contributed by atoms with van der Waals surface area (Å²) in [6.45, 7) is 0. The standard InChI is InChI=1S/C13H14IN3O/c1-15-12(18)13(5-2-6-13)9-3-4-11-10(14)7-16-17(11)8-9/h3-4,7-8H,2,5-6H2,1H3,(H,15,18). The van der Waals surface area contributed by atoms with Crippen LogP contribution in [0.2, 0.25) is 0 Å². The van der Waals surface area contributed by atoms with Crippen molar-refractivity contribution in [3.05, 3.63) is 33.7 Å². The lowest BCUT2D eigenvalue weighted by molar-refractivity contribution is -0.129. The van der Waals surface area contributed by atoms with Crippen molar-refractivity contribution in [2.24, 2.45) is 0 Å². The number of fused-ring (bicyclic) bond motifs is 1. The summed E-state index contributed by atoms with van der Waals surface area (Å²) in [7, 11) is 1.71. The summed E-state index contributed by atoms with van der Waals surface area (Å²) in [5.74, 6) is 0.120. The maximum Gasteiger partial charge on any atom is 0.230 e. The third-order valence-electron chi connectivity index (χ3n) is 3.89. The van der Waals surface area contributed by atoms with E-state index in [0.29, 0.717) is 0 Å². The Bertz CT molecular complexity index is 616. The van der Waals surface area contributed by atoms with E-state index in [9.17, 15) is 4.79 Å². The van der Waals surface area contributed by atoms with Crippen LogP contribution < -0.4 is 5.32 Å². The molecule has 0 atom stereocenters. The highest BCUT2D eigenvalue weighted by molar-refractivity contribution is 14.1. The number of hydrogen-bond donors (Lipinski definition) is 1. The van der Waals surface area contributed by atoms with Crippen molar-refractivity contribution >= 4 is 34.0 Å². The van der Waals surface area contributed by atoms with Crippen molar-refractivity contribution in [1.82, 2.24) is 14.9 Å². The average Bonchev–Trinajstić information content (AvgIpc) is 2.69. The quantitative estimate of drug-likeness (QED) is 0.839. The molecular formula is C13H14IN3O. The number of aromatic nitrogens is 2. The van der Waals surface area contributed by atoms with Crippen LogP contribution >= 0.6 is 22.6 Å². The first kappa shape index (κ1) is 12.0. The lowest BCUT2D eigenvalue weighted by Crippen LogP contribution is -2.48. The van der Waals surface area contributed by atoms with Crippen LogP contribution in [0.1, 0.15) is 24.8 Å². The van der Waals surface area contributed by atoms with Crippen molar-refractivity contribution in [1.29, 1.82) is 0 Å². The number of halogens is 1. The Balaban J connectivity index is 2.10. The van der Waals surface area contributed by atoms with E-state index in [0.717, 1.165) is 33.9 Å². The molecule has 0 unspecified atom stereocenters. The topological polar surface area (TPSA) is 46.4 Å². The van der Waals surface area contributed by atoms with Gasteiger partial charge in [0.05, 0.1) is 20.7 Å². The molecule has 2 aromatic rings. The summed E-state index contributed by atoms with van der Waals surface area (Å²) in [4.78, 5) is 12.1. The molecule has 18 heavy (non-hydrogen) atoms. The predicted molar refractivity (Wildman–Crippen MR) is 77.5 cm³/mol. The van der Waals surface area contributed by atoms with Gasteiger partial charge in [0, 0.05) is 13.2 Å². The molecule has 1 fully saturated rings. The first-order valence-electron chi connectivity index (χ1n) is 6.03. The highest BCUT2D eigenvalue weighted by Crippen LogP contribution is 2.43. The number of amides is 1. The molecular weight excluding hydrogens is 341 g/mol. The van der Waals surface area contributed by atoms with Gasteiger partial charge in [-0.15, -0.1) is 0 Å². The second kappa shape index (κ2) is 4.22. The SMILES string of the molecule is CNC(=O)C1(c2ccc3c(I)cnn3c2)CCC1. The molecule has 2 aromatic heterocycles. The van der Waals surface area contributed by atoms with E-state index < -0.39 is 0 Å². The third-order valence-corrected chi connectivity index (χ3v) is 4.72. The molecule has 0 bridgehead atoms. The minimum atomic E-state index is -0.333. The second-order valence-electron chi connectivity index (χ2n) is 4.75. The number of rotatable bonds is 2. The number of nitrogens with zero attached hydrogens (tertiary/aromatic N) is 2. The molecule has 4 nitrogen and oxygen atoms in total. The van der Waals surface area contributed by atoms with Gasteiger partial charge < -0.3 is 5.32 Å². The van der Waals surface area contributed by atoms with Crippen molar-refractivity contribution in [3.63, 3.8) is 0 Å². The molecule has 1 N–H and O–H groups in total. The summed E-state index contributed by atoms with van der Waals surface area (Å²) < 4.78 is 2.99. The fraction of sp³-hybridized carbons (Fsp3) is 0.385. The first-order valence-corrected chi connectivity index (χ1v) is 7.11. The Morgan fingerprint density at radius 3 is 2.89 bits per heavy atom. The minimum Gasteiger partial charge on any atom is -0.358 e. The number of hydrogen-bond acceptors (Lipinski definition) is 2. The highest BCUT2D eigenvalue weighted by atomic mass is 127. The Hall–Kier alpha value is -1.11. The summed E-state index contributed by atoms with van der Waals surface area (Å²) >= 11 is 2.27. The zero-order chi connectivity index (χ0) is 12.8. The van der Waals surface area contributed by atoms with Gasteiger partial charge in [0.1, 0.15) is 0 Å². The molecule has 1 aliphatic carbocycles. The van der Waals surface area contributed by atoms with Gasteiger partial charge in [0.2, 0.25) is 5.91 Å². The van der Waals surface area contributed by atoms with Gasteiger partial charge in [-0.2, -0.15) is 5.10 Å². The van der Waals surface area contributed by atoms with Gasteiger partial charge >= 0.3 is 0 Å². The van der Waals surface area contributed by atoms with Gasteiger partial charge in [-0.3, -0.25) is 4.79 Å². The van der Waals surface area contributed by atoms with Crippen molar-refractivity contribution in [2.75, 3.05) is 7.05 Å². The molecule has 0 radical (unpaired) electrons. The molecule has 0 spiro atoms. The van der Waals surface area contributed by atoms with Crippen molar-refractivity contribution in [2.45, 2.75) is 24.7 Å². The van der Waals surface area contributed by atoms with E-state index in [2.05, 4.69) is 39.1 Å². The number of likely N-dealkylation sites (N-methyl/N-ethyl adjacent to an activating group) is 1. The normalized spacial score (nSPS) is 17.4. The van der Waals surface area contributed by atoms with Crippen LogP contribution in [0.15, 0.2) is 24.5 Å². The largest absolute Gasteiger partial charge is 0.358 e. The van der Waals surface area contributed by atoms with E-state index >= 15 is 0 Å². The molecule has 1 saturated carbocycles. The molecule has 2 heterocycles. The fourth-order valence-electron chi connectivity index (χ4n) is 2.65. The van der Waals surface area contributed by atoms with Gasteiger partial charge in [-0.1, -0.05) is 12.5 Å². The molecule has 94 valence electrons. The maximum absolute atomic E-state index is 12.1. The smallest absolute Gasteiger partial charge is 0.230 e. The maximum atomic E-state index is 12.1. The van der Waals surface area contributed by atoms with Crippen molar-refractivity contribution < 1.29 is 4.79 Å². The second-order valence-corrected chi connectivity index (χ2v) is 5.92. The van der Waals surface area contributed by atoms with E-state index in [1.165, 1.54) is 0 Å². The molecule has 1 aliphatic rings. The van der Waals surface area contributed by atoms with Crippen LogP contribution in [-0.2, 0) is 10.2 Å².